The largest absolute Gasteiger partial charge is 0.457 e. The van der Waals surface area contributed by atoms with Gasteiger partial charge in [0.25, 0.3) is 0 Å². The van der Waals surface area contributed by atoms with Crippen molar-refractivity contribution in [2.75, 3.05) is 16.5 Å². The summed E-state index contributed by atoms with van der Waals surface area (Å²) in [6.45, 7) is 49.7. The summed E-state index contributed by atoms with van der Waals surface area (Å²) in [5.41, 5.74) is 22.3. The van der Waals surface area contributed by atoms with Gasteiger partial charge in [-0.05, 0) is 172 Å². The van der Waals surface area contributed by atoms with Crippen molar-refractivity contribution in [3.63, 3.8) is 0 Å². The van der Waals surface area contributed by atoms with Gasteiger partial charge in [0.1, 0.15) is 24.0 Å². The summed E-state index contributed by atoms with van der Waals surface area (Å²) in [6.07, 6.45) is 1.98. The van der Waals surface area contributed by atoms with E-state index in [4.69, 9.17) is 9.72 Å². The molecule has 4 heterocycles. The maximum absolute atomic E-state index is 7.40. The molecule has 480 valence electrons. The third-order valence-electron chi connectivity index (χ3n) is 19.5. The molecule has 0 atom stereocenters. The number of benzene rings is 9. The average Bonchev–Trinajstić information content (AvgIpc) is 1.38. The Morgan fingerprint density at radius 3 is 1.41 bits per heavy atom. The third kappa shape index (κ3) is 11.9. The number of aromatic nitrogens is 2. The fraction of sp³-hybridized carbons (Fsp3) is 0.330. The molecule has 94 heavy (non-hydrogen) atoms. The molecular weight excluding hydrogens is 1160 g/mol. The first-order valence-corrected chi connectivity index (χ1v) is 34.7. The number of hydrogen-bond acceptors (Lipinski definition) is 5. The molecule has 3 aromatic heterocycles. The van der Waals surface area contributed by atoms with Gasteiger partial charge in [-0.3, -0.25) is 4.57 Å². The highest BCUT2D eigenvalue weighted by Gasteiger charge is 2.36. The fourth-order valence-electron chi connectivity index (χ4n) is 13.6. The van der Waals surface area contributed by atoms with Crippen molar-refractivity contribution in [1.82, 2.24) is 9.55 Å². The Hall–Kier alpha value is -8.45. The Morgan fingerprint density at radius 1 is 0.362 bits per heavy atom. The first-order chi connectivity index (χ1) is 44.0. The van der Waals surface area contributed by atoms with Crippen LogP contribution in [0, 0.1) is 0 Å². The molecule has 0 N–H and O–H groups in total. The molecule has 0 radical (unpaired) electrons. The lowest BCUT2D eigenvalue weighted by Gasteiger charge is -2.33. The second kappa shape index (κ2) is 22.6. The highest BCUT2D eigenvalue weighted by molar-refractivity contribution is 7.27. The molecule has 0 spiro atoms. The van der Waals surface area contributed by atoms with Crippen LogP contribution in [0.15, 0.2) is 188 Å². The molecule has 1 aliphatic heterocycles. The Balaban J connectivity index is 1.02. The predicted octanol–water partition coefficient (Wildman–Crippen LogP) is 25.7. The number of rotatable bonds is 8. The minimum absolute atomic E-state index is 0.0867. The fourth-order valence-corrected chi connectivity index (χ4v) is 14.9. The van der Waals surface area contributed by atoms with Crippen LogP contribution in [0.25, 0.3) is 81.2 Å². The average molecular weight is 1260 g/mol. The Bertz CT molecular complexity index is 4780. The maximum atomic E-state index is 7.40. The second-order valence-corrected chi connectivity index (χ2v) is 35.0. The van der Waals surface area contributed by atoms with Crippen LogP contribution in [0.4, 0.5) is 22.7 Å². The number of anilines is 4. The molecule has 0 aliphatic carbocycles. The van der Waals surface area contributed by atoms with Gasteiger partial charge in [0.2, 0.25) is 0 Å². The topological polar surface area (TPSA) is 33.5 Å². The molecule has 13 rings (SSSR count). The highest BCUT2D eigenvalue weighted by Crippen LogP contribution is 2.55. The first-order valence-electron chi connectivity index (χ1n) is 33.9. The number of fused-ring (bicyclic) bond motifs is 8. The highest BCUT2D eigenvalue weighted by atomic mass is 32.1. The van der Waals surface area contributed by atoms with E-state index in [1.807, 2.05) is 17.5 Å². The number of ether oxygens (including phenoxy) is 1. The van der Waals surface area contributed by atoms with Gasteiger partial charge in [-0.2, -0.15) is 0 Å². The van der Waals surface area contributed by atoms with Crippen LogP contribution in [0.2, 0.25) is 0 Å². The lowest BCUT2D eigenvalue weighted by atomic mass is 9.76. The van der Waals surface area contributed by atoms with E-state index in [-0.39, 0.29) is 37.9 Å². The van der Waals surface area contributed by atoms with E-state index >= 15 is 0 Å². The van der Waals surface area contributed by atoms with Gasteiger partial charge in [0.05, 0.1) is 28.1 Å². The van der Waals surface area contributed by atoms with Crippen LogP contribution in [0.1, 0.15) is 184 Å². The standard InChI is InChI=1S/C88H96N4OS/c1-82(2,3)57-37-38-89-77(49-57)92-74-51-65(35-36-67(74)79-75(92)52-69(54-29-23-22-24-30-54)78-68-31-25-28-34-76(68)94-81(78)79)93-66-46-62(87(16,17)18)45-64(50-66)90-53-91(73-33-27-26-32-72(73)90)80-70(55-39-58(83(4,5)6)43-59(40-55)84(7,8)9)47-63(88(19,20)21)48-71(80)56-41-60(85(10,11)12)44-61(42-56)86(13,14)15/h22-52H,53H2,1-21H3. The third-order valence-corrected chi connectivity index (χ3v) is 20.7. The molecule has 0 amide bonds. The number of hydrogen-bond donors (Lipinski definition) is 0. The minimum Gasteiger partial charge on any atom is -0.457 e. The molecule has 6 heteroatoms. The normalized spacial score (nSPS) is 13.7. The minimum atomic E-state index is -0.214. The van der Waals surface area contributed by atoms with Crippen LogP contribution >= 0.6 is 11.3 Å². The molecule has 9 aromatic carbocycles. The smallest absolute Gasteiger partial charge is 0.137 e. The summed E-state index contributed by atoms with van der Waals surface area (Å²) >= 11 is 1.88. The summed E-state index contributed by atoms with van der Waals surface area (Å²) in [6, 6.07) is 69.3. The number of para-hydroxylation sites is 2. The predicted molar refractivity (Wildman–Crippen MR) is 407 cm³/mol. The number of pyridine rings is 1. The maximum Gasteiger partial charge on any atom is 0.137 e. The van der Waals surface area contributed by atoms with Crippen molar-refractivity contribution in [1.29, 1.82) is 0 Å². The molecular formula is C88H96N4OS. The van der Waals surface area contributed by atoms with Crippen LogP contribution < -0.4 is 14.5 Å². The Kier molecular flexibility index (Phi) is 15.5. The van der Waals surface area contributed by atoms with E-state index in [1.165, 1.54) is 104 Å². The molecule has 0 fully saturated rings. The van der Waals surface area contributed by atoms with E-state index in [9.17, 15) is 0 Å². The second-order valence-electron chi connectivity index (χ2n) is 34.0. The van der Waals surface area contributed by atoms with Gasteiger partial charge in [0, 0.05) is 66.1 Å². The molecule has 0 saturated carbocycles. The van der Waals surface area contributed by atoms with Gasteiger partial charge in [-0.25, -0.2) is 4.98 Å². The van der Waals surface area contributed by atoms with Crippen LogP contribution in [-0.4, -0.2) is 16.2 Å². The summed E-state index contributed by atoms with van der Waals surface area (Å²) in [5.74, 6) is 2.42. The van der Waals surface area contributed by atoms with E-state index in [0.717, 1.165) is 50.8 Å². The van der Waals surface area contributed by atoms with Crippen molar-refractivity contribution < 1.29 is 4.74 Å². The van der Waals surface area contributed by atoms with Gasteiger partial charge in [-0.1, -0.05) is 242 Å². The zero-order chi connectivity index (χ0) is 67.1. The van der Waals surface area contributed by atoms with Gasteiger partial charge >= 0.3 is 0 Å². The molecule has 12 aromatic rings. The molecule has 0 saturated heterocycles. The number of thiophene rings is 1. The van der Waals surface area contributed by atoms with Crippen molar-refractivity contribution in [3.05, 3.63) is 227 Å². The van der Waals surface area contributed by atoms with E-state index in [2.05, 4.69) is 342 Å². The van der Waals surface area contributed by atoms with Gasteiger partial charge in [0.15, 0.2) is 0 Å². The summed E-state index contributed by atoms with van der Waals surface area (Å²) in [7, 11) is 0. The van der Waals surface area contributed by atoms with Crippen LogP contribution in [0.3, 0.4) is 0 Å². The Morgan fingerprint density at radius 2 is 0.862 bits per heavy atom. The summed E-state index contributed by atoms with van der Waals surface area (Å²) < 4.78 is 12.3. The van der Waals surface area contributed by atoms with Crippen LogP contribution in [-0.2, 0) is 37.9 Å². The lowest BCUT2D eigenvalue weighted by Crippen LogP contribution is -2.26. The van der Waals surface area contributed by atoms with Crippen molar-refractivity contribution in [2.45, 2.75) is 183 Å². The molecule has 5 nitrogen and oxygen atoms in total. The SMILES string of the molecule is CC(C)(C)c1cc(Oc2ccc3c4c5sc6ccccc6c5c(-c5ccccc5)cc4n(-c4cc(C(C)(C)C)ccn4)c3c2)cc(N2CN(c3c(-c4cc(C(C)(C)C)cc(C(C)(C)C)c4)cc(C(C)(C)C)cc3-c3cc(C(C)(C)C)cc(C(C)(C)C)c3)c3ccccc32)c1. The van der Waals surface area contributed by atoms with E-state index in [0.29, 0.717) is 6.67 Å². The Labute approximate surface area is 564 Å². The van der Waals surface area contributed by atoms with Crippen molar-refractivity contribution in [3.8, 4) is 50.7 Å². The summed E-state index contributed by atoms with van der Waals surface area (Å²) in [4.78, 5) is 10.4. The number of nitrogens with zero attached hydrogens (tertiary/aromatic N) is 4. The van der Waals surface area contributed by atoms with Gasteiger partial charge < -0.3 is 14.5 Å². The van der Waals surface area contributed by atoms with Crippen LogP contribution in [0.5, 0.6) is 11.5 Å². The van der Waals surface area contributed by atoms with E-state index < -0.39 is 0 Å². The molecule has 0 bridgehead atoms. The monoisotopic (exact) mass is 1260 g/mol. The lowest BCUT2D eigenvalue weighted by molar-refractivity contribution is 0.479. The van der Waals surface area contributed by atoms with Crippen molar-refractivity contribution in [2.24, 2.45) is 0 Å². The quantitative estimate of drug-likeness (QED) is 0.152. The molecule has 0 unspecified atom stereocenters. The van der Waals surface area contributed by atoms with Gasteiger partial charge in [-0.15, -0.1) is 11.3 Å². The summed E-state index contributed by atoms with van der Waals surface area (Å²) in [5, 5.41) is 4.94. The van der Waals surface area contributed by atoms with Crippen molar-refractivity contribution >= 4 is 76.1 Å². The van der Waals surface area contributed by atoms with E-state index in [1.54, 1.807) is 0 Å². The first kappa shape index (κ1) is 64.3. The zero-order valence-corrected chi connectivity index (χ0v) is 60.5. The zero-order valence-electron chi connectivity index (χ0n) is 59.7. The molecule has 1 aliphatic rings.